The molecule has 1 aromatic heterocycles. The average molecular weight is 236 g/mol. The molecule has 1 aliphatic rings. The summed E-state index contributed by atoms with van der Waals surface area (Å²) in [6, 6.07) is 1.38. The van der Waals surface area contributed by atoms with Crippen LogP contribution < -0.4 is 10.5 Å². The predicted octanol–water partition coefficient (Wildman–Crippen LogP) is 2.07. The molecule has 0 atom stereocenters. The average Bonchev–Trinajstić information content (AvgIpc) is 2.33. The molecule has 1 heterocycles. The van der Waals surface area contributed by atoms with E-state index >= 15 is 0 Å². The topological polar surface area (TPSA) is 85.4 Å². The lowest BCUT2D eigenvalue weighted by Gasteiger charge is -2.23. The van der Waals surface area contributed by atoms with E-state index in [1.54, 1.807) is 0 Å². The summed E-state index contributed by atoms with van der Waals surface area (Å²) in [5, 5.41) is 8.93. The van der Waals surface area contributed by atoms with Crippen LogP contribution in [-0.2, 0) is 0 Å². The summed E-state index contributed by atoms with van der Waals surface area (Å²) in [5.41, 5.74) is 5.90. The van der Waals surface area contributed by atoms with Crippen molar-refractivity contribution in [3.05, 3.63) is 17.8 Å². The largest absolute Gasteiger partial charge is 0.478 e. The molecule has 0 spiro atoms. The van der Waals surface area contributed by atoms with Gasteiger partial charge in [0.05, 0.1) is 5.56 Å². The first-order valence-electron chi connectivity index (χ1n) is 5.83. The molecule has 92 valence electrons. The lowest BCUT2D eigenvalue weighted by atomic mass is 9.98. The monoisotopic (exact) mass is 236 g/mol. The van der Waals surface area contributed by atoms with E-state index in [2.05, 4.69) is 4.98 Å². The van der Waals surface area contributed by atoms with Crippen LogP contribution in [-0.4, -0.2) is 22.2 Å². The van der Waals surface area contributed by atoms with Crippen LogP contribution in [0, 0.1) is 0 Å². The summed E-state index contributed by atoms with van der Waals surface area (Å²) in [7, 11) is 0. The van der Waals surface area contributed by atoms with E-state index in [4.69, 9.17) is 15.6 Å². The molecule has 1 aliphatic carbocycles. The van der Waals surface area contributed by atoms with Crippen molar-refractivity contribution in [2.45, 2.75) is 38.2 Å². The first-order chi connectivity index (χ1) is 8.18. The molecular formula is C12H16N2O3. The molecule has 5 heteroatoms. The second kappa shape index (κ2) is 5.03. The maximum atomic E-state index is 10.9. The van der Waals surface area contributed by atoms with Crippen molar-refractivity contribution >= 4 is 11.7 Å². The van der Waals surface area contributed by atoms with E-state index in [0.717, 1.165) is 25.7 Å². The Morgan fingerprint density at radius 1 is 1.41 bits per heavy atom. The Morgan fingerprint density at radius 3 is 2.76 bits per heavy atom. The fourth-order valence-electron chi connectivity index (χ4n) is 2.08. The maximum absolute atomic E-state index is 10.9. The number of rotatable bonds is 3. The highest BCUT2D eigenvalue weighted by Crippen LogP contribution is 2.27. The fourth-order valence-corrected chi connectivity index (χ4v) is 2.08. The lowest BCUT2D eigenvalue weighted by Crippen LogP contribution is -2.21. The number of aromatic carboxylic acids is 1. The Bertz CT molecular complexity index is 414. The molecule has 0 saturated heterocycles. The van der Waals surface area contributed by atoms with Crippen molar-refractivity contribution < 1.29 is 14.6 Å². The minimum atomic E-state index is -1.06. The Hall–Kier alpha value is -1.78. The number of nitrogens with zero attached hydrogens (tertiary/aromatic N) is 1. The van der Waals surface area contributed by atoms with Crippen molar-refractivity contribution in [2.75, 3.05) is 5.73 Å². The number of aromatic nitrogens is 1. The first-order valence-corrected chi connectivity index (χ1v) is 5.83. The van der Waals surface area contributed by atoms with Gasteiger partial charge in [0, 0.05) is 6.20 Å². The van der Waals surface area contributed by atoms with Gasteiger partial charge in [-0.05, 0) is 31.7 Å². The third-order valence-electron chi connectivity index (χ3n) is 3.01. The molecular weight excluding hydrogens is 220 g/mol. The zero-order chi connectivity index (χ0) is 12.3. The van der Waals surface area contributed by atoms with Gasteiger partial charge in [-0.1, -0.05) is 6.42 Å². The summed E-state index contributed by atoms with van der Waals surface area (Å²) < 4.78 is 5.68. The molecule has 0 amide bonds. The molecule has 1 saturated carbocycles. The van der Waals surface area contributed by atoms with Crippen LogP contribution in [0.3, 0.4) is 0 Å². The van der Waals surface area contributed by atoms with E-state index in [9.17, 15) is 4.79 Å². The highest BCUT2D eigenvalue weighted by atomic mass is 16.5. The van der Waals surface area contributed by atoms with Gasteiger partial charge < -0.3 is 15.6 Å². The highest BCUT2D eigenvalue weighted by Gasteiger charge is 2.19. The van der Waals surface area contributed by atoms with Crippen molar-refractivity contribution in [1.82, 2.24) is 4.98 Å². The number of carboxylic acid groups (broad SMARTS) is 1. The SMILES string of the molecule is Nc1c(C(=O)O)ccnc1OC1CCCCC1. The highest BCUT2D eigenvalue weighted by molar-refractivity contribution is 5.94. The standard InChI is InChI=1S/C12H16N2O3/c13-10-9(12(15)16)6-7-14-11(10)17-8-4-2-1-3-5-8/h6-8H,1-5,13H2,(H,15,16). The van der Waals surface area contributed by atoms with E-state index in [-0.39, 0.29) is 23.2 Å². The summed E-state index contributed by atoms with van der Waals surface area (Å²) in [6.45, 7) is 0. The van der Waals surface area contributed by atoms with Crippen molar-refractivity contribution in [3.63, 3.8) is 0 Å². The minimum Gasteiger partial charge on any atom is -0.478 e. The number of ether oxygens (including phenoxy) is 1. The first kappa shape index (κ1) is 11.7. The van der Waals surface area contributed by atoms with Crippen LogP contribution in [0.25, 0.3) is 0 Å². The van der Waals surface area contributed by atoms with Gasteiger partial charge in [-0.2, -0.15) is 0 Å². The van der Waals surface area contributed by atoms with Gasteiger partial charge in [-0.25, -0.2) is 9.78 Å². The minimum absolute atomic E-state index is 0.0470. The Balaban J connectivity index is 2.15. The van der Waals surface area contributed by atoms with Gasteiger partial charge in [-0.15, -0.1) is 0 Å². The van der Waals surface area contributed by atoms with Crippen LogP contribution >= 0.6 is 0 Å². The van der Waals surface area contributed by atoms with Gasteiger partial charge in [0.2, 0.25) is 5.88 Å². The Kier molecular flexibility index (Phi) is 3.46. The van der Waals surface area contributed by atoms with Crippen LogP contribution in [0.2, 0.25) is 0 Å². The number of hydrogen-bond acceptors (Lipinski definition) is 4. The number of pyridine rings is 1. The van der Waals surface area contributed by atoms with Crippen molar-refractivity contribution in [3.8, 4) is 5.88 Å². The van der Waals surface area contributed by atoms with E-state index in [1.807, 2.05) is 0 Å². The summed E-state index contributed by atoms with van der Waals surface area (Å²) >= 11 is 0. The maximum Gasteiger partial charge on any atom is 0.338 e. The number of carbonyl (C=O) groups is 1. The van der Waals surface area contributed by atoms with Crippen LogP contribution in [0.1, 0.15) is 42.5 Å². The smallest absolute Gasteiger partial charge is 0.338 e. The normalized spacial score (nSPS) is 16.7. The quantitative estimate of drug-likeness (QED) is 0.839. The lowest BCUT2D eigenvalue weighted by molar-refractivity contribution is 0.0696. The molecule has 0 aromatic carbocycles. The van der Waals surface area contributed by atoms with Gasteiger partial charge >= 0.3 is 5.97 Å². The van der Waals surface area contributed by atoms with Crippen LogP contribution in [0.5, 0.6) is 5.88 Å². The number of hydrogen-bond donors (Lipinski definition) is 2. The van der Waals surface area contributed by atoms with Crippen molar-refractivity contribution in [1.29, 1.82) is 0 Å². The van der Waals surface area contributed by atoms with E-state index in [1.165, 1.54) is 18.7 Å². The Morgan fingerprint density at radius 2 is 2.12 bits per heavy atom. The van der Waals surface area contributed by atoms with E-state index < -0.39 is 5.97 Å². The third-order valence-corrected chi connectivity index (χ3v) is 3.01. The van der Waals surface area contributed by atoms with Gasteiger partial charge in [0.1, 0.15) is 11.8 Å². The second-order valence-electron chi connectivity index (χ2n) is 4.26. The van der Waals surface area contributed by atoms with Crippen LogP contribution in [0.15, 0.2) is 12.3 Å². The number of anilines is 1. The molecule has 3 N–H and O–H groups in total. The van der Waals surface area contributed by atoms with Crippen LogP contribution in [0.4, 0.5) is 5.69 Å². The molecule has 1 fully saturated rings. The molecule has 0 aliphatic heterocycles. The molecule has 0 radical (unpaired) electrons. The number of carboxylic acids is 1. The van der Waals surface area contributed by atoms with Gasteiger partial charge in [-0.3, -0.25) is 0 Å². The third kappa shape index (κ3) is 2.67. The van der Waals surface area contributed by atoms with Crippen molar-refractivity contribution in [2.24, 2.45) is 0 Å². The second-order valence-corrected chi connectivity index (χ2v) is 4.26. The fraction of sp³-hybridized carbons (Fsp3) is 0.500. The van der Waals surface area contributed by atoms with Gasteiger partial charge in [0.15, 0.2) is 0 Å². The number of nitrogen functional groups attached to an aromatic ring is 1. The molecule has 0 unspecified atom stereocenters. The Labute approximate surface area is 99.6 Å². The predicted molar refractivity (Wildman–Crippen MR) is 63.1 cm³/mol. The molecule has 2 rings (SSSR count). The summed E-state index contributed by atoms with van der Waals surface area (Å²) in [5.74, 6) is -0.810. The zero-order valence-corrected chi connectivity index (χ0v) is 9.56. The molecule has 17 heavy (non-hydrogen) atoms. The summed E-state index contributed by atoms with van der Waals surface area (Å²) in [4.78, 5) is 14.9. The van der Waals surface area contributed by atoms with Gasteiger partial charge in [0.25, 0.3) is 0 Å². The van der Waals surface area contributed by atoms with E-state index in [0.29, 0.717) is 0 Å². The zero-order valence-electron chi connectivity index (χ0n) is 9.56. The number of nitrogens with two attached hydrogens (primary N) is 1. The summed E-state index contributed by atoms with van der Waals surface area (Å²) in [6.07, 6.45) is 7.02. The molecule has 1 aromatic rings. The molecule has 5 nitrogen and oxygen atoms in total. The molecule has 0 bridgehead atoms.